The Morgan fingerprint density at radius 1 is 1.24 bits per heavy atom. The lowest BCUT2D eigenvalue weighted by atomic mass is 10.0. The van der Waals surface area contributed by atoms with Crippen LogP contribution in [0.1, 0.15) is 45.6 Å². The third-order valence-electron chi connectivity index (χ3n) is 3.41. The average Bonchev–Trinajstić information content (AvgIpc) is 2.46. The molecule has 3 N–H and O–H groups in total. The van der Waals surface area contributed by atoms with E-state index < -0.39 is 0 Å². The predicted octanol–water partition coefficient (Wildman–Crippen LogP) is 2.95. The highest BCUT2D eigenvalue weighted by Crippen LogP contribution is 2.29. The van der Waals surface area contributed by atoms with Crippen molar-refractivity contribution in [2.45, 2.75) is 51.3 Å². The quantitative estimate of drug-likeness (QED) is 0.651. The van der Waals surface area contributed by atoms with E-state index in [0.717, 1.165) is 30.2 Å². The molecule has 0 spiro atoms. The van der Waals surface area contributed by atoms with Crippen molar-refractivity contribution in [3.63, 3.8) is 0 Å². The number of rotatable bonds is 9. The molecular weight excluding hydrogens is 284 g/mol. The number of nitrogens with zero attached hydrogens (tertiary/aromatic N) is 2. The highest BCUT2D eigenvalue weighted by Gasteiger charge is 2.20. The number of nitrogens with one attached hydrogen (secondary N) is 2. The fourth-order valence-corrected chi connectivity index (χ4v) is 2.81. The molecule has 1 aromatic rings. The van der Waals surface area contributed by atoms with Crippen LogP contribution in [0, 0.1) is 0 Å². The minimum absolute atomic E-state index is 0.136. The third kappa shape index (κ3) is 5.04. The first-order chi connectivity index (χ1) is 10.0. The van der Waals surface area contributed by atoms with Gasteiger partial charge in [0.05, 0.1) is 6.61 Å². The van der Waals surface area contributed by atoms with Crippen LogP contribution in [0.25, 0.3) is 0 Å². The van der Waals surface area contributed by atoms with Gasteiger partial charge in [-0.25, -0.2) is 9.97 Å². The number of aliphatic hydroxyl groups excluding tert-OH is 1. The Labute approximate surface area is 132 Å². The van der Waals surface area contributed by atoms with E-state index >= 15 is 0 Å². The SMILES string of the molecule is CCCNc1ncnc(NC(C)C(CO)SC)c1C(C)C. The molecule has 0 radical (unpaired) electrons. The second kappa shape index (κ2) is 9.10. The lowest BCUT2D eigenvalue weighted by Crippen LogP contribution is -2.32. The van der Waals surface area contributed by atoms with Crippen LogP contribution in [-0.2, 0) is 0 Å². The second-order valence-electron chi connectivity index (χ2n) is 5.46. The van der Waals surface area contributed by atoms with Crippen LogP contribution in [-0.4, -0.2) is 45.8 Å². The zero-order valence-electron chi connectivity index (χ0n) is 13.7. The van der Waals surface area contributed by atoms with Crippen LogP contribution in [0.3, 0.4) is 0 Å². The highest BCUT2D eigenvalue weighted by molar-refractivity contribution is 7.99. The van der Waals surface area contributed by atoms with Gasteiger partial charge >= 0.3 is 0 Å². The molecule has 2 unspecified atom stereocenters. The van der Waals surface area contributed by atoms with E-state index in [2.05, 4.69) is 48.3 Å². The van der Waals surface area contributed by atoms with Gasteiger partial charge < -0.3 is 15.7 Å². The summed E-state index contributed by atoms with van der Waals surface area (Å²) >= 11 is 1.66. The van der Waals surface area contributed by atoms with E-state index in [9.17, 15) is 5.11 Å². The predicted molar refractivity (Wildman–Crippen MR) is 92.4 cm³/mol. The van der Waals surface area contributed by atoms with Crippen molar-refractivity contribution in [2.75, 3.05) is 30.0 Å². The summed E-state index contributed by atoms with van der Waals surface area (Å²) < 4.78 is 0. The Morgan fingerprint density at radius 3 is 2.43 bits per heavy atom. The Balaban J connectivity index is 3.00. The molecule has 1 aromatic heterocycles. The van der Waals surface area contributed by atoms with Gasteiger partial charge in [-0.1, -0.05) is 20.8 Å². The number of hydrogen-bond acceptors (Lipinski definition) is 6. The molecule has 0 aliphatic rings. The number of hydrogen-bond donors (Lipinski definition) is 3. The fraction of sp³-hybridized carbons (Fsp3) is 0.733. The number of thioether (sulfide) groups is 1. The van der Waals surface area contributed by atoms with Crippen molar-refractivity contribution in [2.24, 2.45) is 0 Å². The van der Waals surface area contributed by atoms with E-state index in [0.29, 0.717) is 5.92 Å². The average molecular weight is 312 g/mol. The first-order valence-corrected chi connectivity index (χ1v) is 8.82. The van der Waals surface area contributed by atoms with Crippen molar-refractivity contribution in [1.82, 2.24) is 9.97 Å². The molecule has 2 atom stereocenters. The Bertz CT molecular complexity index is 424. The lowest BCUT2D eigenvalue weighted by molar-refractivity contribution is 0.288. The molecule has 0 aliphatic carbocycles. The summed E-state index contributed by atoms with van der Waals surface area (Å²) in [5.41, 5.74) is 1.11. The van der Waals surface area contributed by atoms with Crippen LogP contribution in [0.15, 0.2) is 6.33 Å². The van der Waals surface area contributed by atoms with Gasteiger partial charge in [0, 0.05) is 23.4 Å². The van der Waals surface area contributed by atoms with Gasteiger partial charge in [0.1, 0.15) is 18.0 Å². The second-order valence-corrected chi connectivity index (χ2v) is 6.53. The van der Waals surface area contributed by atoms with E-state index in [4.69, 9.17) is 0 Å². The Morgan fingerprint density at radius 2 is 1.90 bits per heavy atom. The number of aromatic nitrogens is 2. The van der Waals surface area contributed by atoms with Crippen LogP contribution >= 0.6 is 11.8 Å². The highest BCUT2D eigenvalue weighted by atomic mass is 32.2. The van der Waals surface area contributed by atoms with Gasteiger partial charge in [-0.05, 0) is 25.5 Å². The minimum atomic E-state index is 0.136. The molecule has 5 nitrogen and oxygen atoms in total. The maximum atomic E-state index is 9.42. The summed E-state index contributed by atoms with van der Waals surface area (Å²) in [5.74, 6) is 2.09. The standard InChI is InChI=1S/C15H28N4OS/c1-6-7-16-14-13(10(2)3)15(18-9-17-14)19-11(4)12(8-20)21-5/h9-12,20H,6-8H2,1-5H3,(H2,16,17,18,19). The molecule has 21 heavy (non-hydrogen) atoms. The van der Waals surface area contributed by atoms with Gasteiger partial charge in [0.25, 0.3) is 0 Å². The van der Waals surface area contributed by atoms with E-state index in [1.54, 1.807) is 18.1 Å². The smallest absolute Gasteiger partial charge is 0.135 e. The first kappa shape index (κ1) is 18.0. The molecule has 1 heterocycles. The maximum Gasteiger partial charge on any atom is 0.135 e. The minimum Gasteiger partial charge on any atom is -0.395 e. The van der Waals surface area contributed by atoms with E-state index in [-0.39, 0.29) is 17.9 Å². The fourth-order valence-electron chi connectivity index (χ4n) is 2.19. The van der Waals surface area contributed by atoms with E-state index in [1.165, 1.54) is 0 Å². The van der Waals surface area contributed by atoms with Crippen molar-refractivity contribution in [1.29, 1.82) is 0 Å². The molecule has 0 aliphatic heterocycles. The number of anilines is 2. The summed E-state index contributed by atoms with van der Waals surface area (Å²) in [6.07, 6.45) is 4.66. The van der Waals surface area contributed by atoms with Gasteiger partial charge in [-0.15, -0.1) is 0 Å². The summed E-state index contributed by atoms with van der Waals surface area (Å²) in [7, 11) is 0. The van der Waals surface area contributed by atoms with Crippen molar-refractivity contribution in [3.8, 4) is 0 Å². The molecule has 0 amide bonds. The summed E-state index contributed by atoms with van der Waals surface area (Å²) in [6.45, 7) is 9.54. The zero-order valence-corrected chi connectivity index (χ0v) is 14.5. The lowest BCUT2D eigenvalue weighted by Gasteiger charge is -2.25. The maximum absolute atomic E-state index is 9.42. The van der Waals surface area contributed by atoms with Crippen molar-refractivity contribution >= 4 is 23.4 Å². The van der Waals surface area contributed by atoms with Crippen LogP contribution in [0.5, 0.6) is 0 Å². The molecule has 0 fully saturated rings. The largest absolute Gasteiger partial charge is 0.395 e. The normalized spacial score (nSPS) is 14.0. The molecule has 0 saturated heterocycles. The van der Waals surface area contributed by atoms with Crippen LogP contribution in [0.2, 0.25) is 0 Å². The van der Waals surface area contributed by atoms with Gasteiger partial charge in [0.2, 0.25) is 0 Å². The summed E-state index contributed by atoms with van der Waals surface area (Å²) in [5, 5.41) is 16.4. The molecule has 6 heteroatoms. The third-order valence-corrected chi connectivity index (χ3v) is 4.57. The molecule has 1 rings (SSSR count). The zero-order chi connectivity index (χ0) is 15.8. The number of aliphatic hydroxyl groups is 1. The topological polar surface area (TPSA) is 70.1 Å². The molecule has 0 saturated carbocycles. The molecule has 0 bridgehead atoms. The molecule has 0 aromatic carbocycles. The summed E-state index contributed by atoms with van der Waals surface area (Å²) in [4.78, 5) is 8.78. The van der Waals surface area contributed by atoms with Gasteiger partial charge in [0.15, 0.2) is 0 Å². The van der Waals surface area contributed by atoms with Gasteiger partial charge in [-0.2, -0.15) is 11.8 Å². The summed E-state index contributed by atoms with van der Waals surface area (Å²) in [6, 6.07) is 0.136. The first-order valence-electron chi connectivity index (χ1n) is 7.54. The Kier molecular flexibility index (Phi) is 7.82. The monoisotopic (exact) mass is 312 g/mol. The molecular formula is C15H28N4OS. The van der Waals surface area contributed by atoms with Crippen LogP contribution in [0.4, 0.5) is 11.6 Å². The van der Waals surface area contributed by atoms with Gasteiger partial charge in [-0.3, -0.25) is 0 Å². The van der Waals surface area contributed by atoms with E-state index in [1.807, 2.05) is 6.26 Å². The van der Waals surface area contributed by atoms with Crippen molar-refractivity contribution < 1.29 is 5.11 Å². The molecule has 120 valence electrons. The van der Waals surface area contributed by atoms with Crippen LogP contribution < -0.4 is 10.6 Å². The van der Waals surface area contributed by atoms with Crippen molar-refractivity contribution in [3.05, 3.63) is 11.9 Å². The Hall–Kier alpha value is -1.01.